The molecule has 0 aliphatic heterocycles. The van der Waals surface area contributed by atoms with Crippen molar-refractivity contribution in [2.24, 2.45) is 0 Å². The molecule has 4 nitrogen and oxygen atoms in total. The molecular formula is C16H13N3O. The smallest absolute Gasteiger partial charge is 0.168 e. The predicted octanol–water partition coefficient (Wildman–Crippen LogP) is 2.76. The average molecular weight is 263 g/mol. The molecule has 1 aromatic carbocycles. The van der Waals surface area contributed by atoms with E-state index in [-0.39, 0.29) is 5.78 Å². The summed E-state index contributed by atoms with van der Waals surface area (Å²) in [7, 11) is 0. The van der Waals surface area contributed by atoms with Crippen molar-refractivity contribution in [2.75, 3.05) is 0 Å². The fourth-order valence-corrected chi connectivity index (χ4v) is 2.10. The minimum Gasteiger partial charge on any atom is -0.294 e. The molecule has 3 rings (SSSR count). The Hall–Kier alpha value is -2.62. The summed E-state index contributed by atoms with van der Waals surface area (Å²) in [6, 6.07) is 11.1. The first-order chi connectivity index (χ1) is 9.72. The molecule has 98 valence electrons. The lowest BCUT2D eigenvalue weighted by atomic mass is 10.1. The summed E-state index contributed by atoms with van der Waals surface area (Å²) in [4.78, 5) is 25.0. The van der Waals surface area contributed by atoms with Crippen LogP contribution < -0.4 is 0 Å². The second kappa shape index (κ2) is 5.17. The Kier molecular flexibility index (Phi) is 3.21. The molecule has 20 heavy (non-hydrogen) atoms. The third-order valence-electron chi connectivity index (χ3n) is 3.08. The molecule has 0 radical (unpaired) electrons. The van der Waals surface area contributed by atoms with Gasteiger partial charge in [0.2, 0.25) is 0 Å². The van der Waals surface area contributed by atoms with Crippen LogP contribution in [-0.2, 0) is 6.42 Å². The van der Waals surface area contributed by atoms with E-state index in [4.69, 9.17) is 0 Å². The molecular weight excluding hydrogens is 250 g/mol. The number of nitrogens with zero attached hydrogens (tertiary/aromatic N) is 3. The zero-order chi connectivity index (χ0) is 13.9. The van der Waals surface area contributed by atoms with E-state index in [0.717, 1.165) is 22.4 Å². The zero-order valence-corrected chi connectivity index (χ0v) is 11.1. The fourth-order valence-electron chi connectivity index (χ4n) is 2.10. The van der Waals surface area contributed by atoms with Gasteiger partial charge in [-0.2, -0.15) is 0 Å². The molecule has 0 saturated carbocycles. The van der Waals surface area contributed by atoms with E-state index in [1.165, 1.54) is 0 Å². The first-order valence-corrected chi connectivity index (χ1v) is 6.39. The van der Waals surface area contributed by atoms with Crippen LogP contribution in [0.25, 0.3) is 11.0 Å². The molecule has 2 heterocycles. The normalized spacial score (nSPS) is 10.7. The highest BCUT2D eigenvalue weighted by Gasteiger charge is 2.09. The molecule has 3 aromatic rings. The number of rotatable bonds is 3. The fraction of sp³-hybridized carbons (Fsp3) is 0.125. The van der Waals surface area contributed by atoms with Crippen LogP contribution in [0, 0.1) is 6.92 Å². The summed E-state index contributed by atoms with van der Waals surface area (Å²) in [5.74, 6) is 0.0376. The Morgan fingerprint density at radius 1 is 1.05 bits per heavy atom. The summed E-state index contributed by atoms with van der Waals surface area (Å²) in [6.07, 6.45) is 3.56. The second-order valence-electron chi connectivity index (χ2n) is 4.63. The van der Waals surface area contributed by atoms with E-state index in [1.807, 2.05) is 31.2 Å². The number of hydrogen-bond donors (Lipinski definition) is 0. The highest BCUT2D eigenvalue weighted by atomic mass is 16.1. The van der Waals surface area contributed by atoms with E-state index < -0.39 is 0 Å². The van der Waals surface area contributed by atoms with Gasteiger partial charge in [0, 0.05) is 29.3 Å². The summed E-state index contributed by atoms with van der Waals surface area (Å²) in [5, 5.41) is 0. The van der Waals surface area contributed by atoms with Gasteiger partial charge in [-0.3, -0.25) is 19.7 Å². The van der Waals surface area contributed by atoms with Gasteiger partial charge in [-0.1, -0.05) is 6.07 Å². The van der Waals surface area contributed by atoms with Gasteiger partial charge in [0.15, 0.2) is 5.78 Å². The summed E-state index contributed by atoms with van der Waals surface area (Å²) in [6.45, 7) is 1.92. The van der Waals surface area contributed by atoms with Crippen LogP contribution in [0.1, 0.15) is 21.7 Å². The Balaban J connectivity index is 1.88. The maximum Gasteiger partial charge on any atom is 0.168 e. The minimum absolute atomic E-state index is 0.0376. The monoisotopic (exact) mass is 263 g/mol. The van der Waals surface area contributed by atoms with Gasteiger partial charge in [-0.05, 0) is 37.3 Å². The number of aryl methyl sites for hydroxylation is 1. The Morgan fingerprint density at radius 3 is 2.65 bits per heavy atom. The molecule has 0 atom stereocenters. The van der Waals surface area contributed by atoms with Crippen LogP contribution in [0.3, 0.4) is 0 Å². The number of carbonyl (C=O) groups is 1. The first kappa shape index (κ1) is 12.4. The van der Waals surface area contributed by atoms with Crippen molar-refractivity contribution in [3.05, 3.63) is 65.7 Å². The average Bonchev–Trinajstić information content (AvgIpc) is 2.47. The summed E-state index contributed by atoms with van der Waals surface area (Å²) in [5.41, 5.74) is 3.86. The van der Waals surface area contributed by atoms with E-state index >= 15 is 0 Å². The van der Waals surface area contributed by atoms with Crippen molar-refractivity contribution < 1.29 is 4.79 Å². The molecule has 0 bridgehead atoms. The lowest BCUT2D eigenvalue weighted by Crippen LogP contribution is -2.05. The first-order valence-electron chi connectivity index (χ1n) is 6.39. The molecule has 0 aliphatic rings. The topological polar surface area (TPSA) is 55.7 Å². The zero-order valence-electron chi connectivity index (χ0n) is 11.1. The second-order valence-corrected chi connectivity index (χ2v) is 4.63. The number of aromatic nitrogens is 3. The highest BCUT2D eigenvalue weighted by molar-refractivity contribution is 5.99. The molecule has 0 spiro atoms. The molecule has 0 amide bonds. The Labute approximate surface area is 116 Å². The minimum atomic E-state index is 0.0376. The third kappa shape index (κ3) is 2.54. The van der Waals surface area contributed by atoms with Gasteiger partial charge < -0.3 is 0 Å². The predicted molar refractivity (Wildman–Crippen MR) is 76.5 cm³/mol. The van der Waals surface area contributed by atoms with Gasteiger partial charge in [0.25, 0.3) is 0 Å². The molecule has 4 heteroatoms. The summed E-state index contributed by atoms with van der Waals surface area (Å²) >= 11 is 0. The number of hydrogen-bond acceptors (Lipinski definition) is 4. The van der Waals surface area contributed by atoms with Gasteiger partial charge >= 0.3 is 0 Å². The summed E-state index contributed by atoms with van der Waals surface area (Å²) < 4.78 is 0. The number of fused-ring (bicyclic) bond motifs is 1. The molecule has 0 fully saturated rings. The standard InChI is InChI=1S/C16H13N3O/c1-11-3-2-4-13(19-11)10-16(20)12-5-6-14-15(9-12)18-8-7-17-14/h2-9H,10H2,1H3. The van der Waals surface area contributed by atoms with Crippen molar-refractivity contribution in [1.29, 1.82) is 0 Å². The van der Waals surface area contributed by atoms with Crippen LogP contribution in [0.4, 0.5) is 0 Å². The van der Waals surface area contributed by atoms with Gasteiger partial charge in [0.05, 0.1) is 17.5 Å². The van der Waals surface area contributed by atoms with Crippen LogP contribution in [0.15, 0.2) is 48.8 Å². The van der Waals surface area contributed by atoms with Crippen molar-refractivity contribution >= 4 is 16.8 Å². The quantitative estimate of drug-likeness (QED) is 0.682. The van der Waals surface area contributed by atoms with Crippen molar-refractivity contribution in [2.45, 2.75) is 13.3 Å². The third-order valence-corrected chi connectivity index (χ3v) is 3.08. The van der Waals surface area contributed by atoms with Crippen LogP contribution >= 0.6 is 0 Å². The lowest BCUT2D eigenvalue weighted by molar-refractivity contribution is 0.0992. The molecule has 0 N–H and O–H groups in total. The van der Waals surface area contributed by atoms with E-state index in [1.54, 1.807) is 24.5 Å². The Morgan fingerprint density at radius 2 is 1.85 bits per heavy atom. The number of ketones is 1. The largest absolute Gasteiger partial charge is 0.294 e. The molecule has 0 saturated heterocycles. The molecule has 2 aromatic heterocycles. The maximum absolute atomic E-state index is 12.3. The van der Waals surface area contributed by atoms with E-state index in [0.29, 0.717) is 12.0 Å². The van der Waals surface area contributed by atoms with Crippen LogP contribution in [0.2, 0.25) is 0 Å². The highest BCUT2D eigenvalue weighted by Crippen LogP contribution is 2.13. The van der Waals surface area contributed by atoms with Crippen molar-refractivity contribution in [3.8, 4) is 0 Å². The van der Waals surface area contributed by atoms with Crippen molar-refractivity contribution in [3.63, 3.8) is 0 Å². The van der Waals surface area contributed by atoms with Crippen LogP contribution in [0.5, 0.6) is 0 Å². The van der Waals surface area contributed by atoms with Crippen LogP contribution in [-0.4, -0.2) is 20.7 Å². The number of carbonyl (C=O) groups excluding carboxylic acids is 1. The number of benzene rings is 1. The lowest BCUT2D eigenvalue weighted by Gasteiger charge is -2.03. The van der Waals surface area contributed by atoms with Crippen molar-refractivity contribution in [1.82, 2.24) is 15.0 Å². The maximum atomic E-state index is 12.3. The van der Waals surface area contributed by atoms with Gasteiger partial charge in [0.1, 0.15) is 0 Å². The van der Waals surface area contributed by atoms with E-state index in [9.17, 15) is 4.79 Å². The van der Waals surface area contributed by atoms with Gasteiger partial charge in [-0.25, -0.2) is 0 Å². The Bertz CT molecular complexity index is 783. The SMILES string of the molecule is Cc1cccc(CC(=O)c2ccc3nccnc3c2)n1. The number of pyridine rings is 1. The molecule has 0 aliphatic carbocycles. The molecule has 0 unspecified atom stereocenters. The van der Waals surface area contributed by atoms with Gasteiger partial charge in [-0.15, -0.1) is 0 Å². The van der Waals surface area contributed by atoms with E-state index in [2.05, 4.69) is 15.0 Å². The number of Topliss-reactive ketones (excluding diaryl/α,β-unsaturated/α-hetero) is 1.